The number of aryl methyl sites for hydroxylation is 2. The molecular formula is C18H22N4O3. The second-order valence-corrected chi connectivity index (χ2v) is 7.80. The van der Waals surface area contributed by atoms with Gasteiger partial charge >= 0.3 is 0 Å². The molecule has 0 N–H and O–H groups in total. The van der Waals surface area contributed by atoms with Crippen LogP contribution < -0.4 is 0 Å². The van der Waals surface area contributed by atoms with Gasteiger partial charge < -0.3 is 13.7 Å². The molecule has 0 aromatic carbocycles. The van der Waals surface area contributed by atoms with Gasteiger partial charge in [0.05, 0.1) is 11.1 Å². The molecular weight excluding hydrogens is 320 g/mol. The number of likely N-dealkylation sites (tertiary alicyclic amines) is 1. The SMILES string of the molecule is Cc1nnc([C@]23CCC[C@H]2CN(C(=O)c2oc(C4CC4)nc2C)C3)o1. The fourth-order valence-electron chi connectivity index (χ4n) is 4.56. The largest absolute Gasteiger partial charge is 0.435 e. The number of hydrogen-bond donors (Lipinski definition) is 0. The maximum atomic E-state index is 13.1. The van der Waals surface area contributed by atoms with Crippen molar-refractivity contribution in [1.29, 1.82) is 0 Å². The van der Waals surface area contributed by atoms with Crippen molar-refractivity contribution in [3.63, 3.8) is 0 Å². The van der Waals surface area contributed by atoms with E-state index in [1.54, 1.807) is 0 Å². The van der Waals surface area contributed by atoms with Crippen molar-refractivity contribution in [3.8, 4) is 0 Å². The average molecular weight is 342 g/mol. The van der Waals surface area contributed by atoms with Gasteiger partial charge in [-0.05, 0) is 38.5 Å². The summed E-state index contributed by atoms with van der Waals surface area (Å²) in [6.07, 6.45) is 5.44. The monoisotopic (exact) mass is 342 g/mol. The maximum absolute atomic E-state index is 13.1. The molecule has 0 spiro atoms. The predicted octanol–water partition coefficient (Wildman–Crippen LogP) is 2.75. The highest BCUT2D eigenvalue weighted by Crippen LogP contribution is 2.50. The summed E-state index contributed by atoms with van der Waals surface area (Å²) in [7, 11) is 0. The van der Waals surface area contributed by atoms with Gasteiger partial charge in [0.25, 0.3) is 5.91 Å². The Morgan fingerprint density at radius 1 is 1.20 bits per heavy atom. The van der Waals surface area contributed by atoms with E-state index < -0.39 is 0 Å². The predicted molar refractivity (Wildman–Crippen MR) is 87.2 cm³/mol. The third kappa shape index (κ3) is 2.24. The van der Waals surface area contributed by atoms with Crippen LogP contribution in [0.2, 0.25) is 0 Å². The van der Waals surface area contributed by atoms with Crippen LogP contribution in [0.15, 0.2) is 8.83 Å². The fraction of sp³-hybridized carbons (Fsp3) is 0.667. The lowest BCUT2D eigenvalue weighted by Gasteiger charge is -2.24. The molecule has 3 heterocycles. The molecule has 2 aromatic heterocycles. The van der Waals surface area contributed by atoms with Crippen molar-refractivity contribution in [2.75, 3.05) is 13.1 Å². The molecule has 0 unspecified atom stereocenters. The quantitative estimate of drug-likeness (QED) is 0.852. The molecule has 25 heavy (non-hydrogen) atoms. The molecule has 7 nitrogen and oxygen atoms in total. The number of nitrogens with zero attached hydrogens (tertiary/aromatic N) is 4. The van der Waals surface area contributed by atoms with Crippen molar-refractivity contribution in [3.05, 3.63) is 29.1 Å². The molecule has 0 bridgehead atoms. The Hall–Kier alpha value is -2.18. The zero-order chi connectivity index (χ0) is 17.2. The molecule has 0 radical (unpaired) electrons. The second kappa shape index (κ2) is 5.16. The Labute approximate surface area is 145 Å². The number of amides is 1. The van der Waals surface area contributed by atoms with Gasteiger partial charge in [0.1, 0.15) is 0 Å². The van der Waals surface area contributed by atoms with Gasteiger partial charge in [-0.2, -0.15) is 0 Å². The van der Waals surface area contributed by atoms with Gasteiger partial charge in [0.2, 0.25) is 17.5 Å². The molecule has 7 heteroatoms. The molecule has 1 saturated heterocycles. The molecule has 5 rings (SSSR count). The van der Waals surface area contributed by atoms with Crippen LogP contribution in [0.25, 0.3) is 0 Å². The van der Waals surface area contributed by atoms with Crippen molar-refractivity contribution < 1.29 is 13.6 Å². The molecule has 2 saturated carbocycles. The van der Waals surface area contributed by atoms with Gasteiger partial charge in [-0.1, -0.05) is 6.42 Å². The minimum absolute atomic E-state index is 0.0538. The summed E-state index contributed by atoms with van der Waals surface area (Å²) < 4.78 is 11.6. The third-order valence-corrected chi connectivity index (χ3v) is 6.04. The summed E-state index contributed by atoms with van der Waals surface area (Å²) in [5.74, 6) is 3.13. The normalized spacial score (nSPS) is 28.6. The summed E-state index contributed by atoms with van der Waals surface area (Å²) in [5.41, 5.74) is 0.510. The van der Waals surface area contributed by atoms with Crippen molar-refractivity contribution >= 4 is 5.91 Å². The van der Waals surface area contributed by atoms with Crippen LogP contribution in [0.4, 0.5) is 0 Å². The second-order valence-electron chi connectivity index (χ2n) is 7.80. The van der Waals surface area contributed by atoms with Crippen molar-refractivity contribution in [2.45, 2.75) is 57.3 Å². The maximum Gasteiger partial charge on any atom is 0.291 e. The Balaban J connectivity index is 1.43. The Kier molecular flexibility index (Phi) is 3.12. The number of oxazole rings is 1. The van der Waals surface area contributed by atoms with E-state index >= 15 is 0 Å². The third-order valence-electron chi connectivity index (χ3n) is 6.04. The van der Waals surface area contributed by atoms with Crippen LogP contribution in [-0.4, -0.2) is 39.1 Å². The Morgan fingerprint density at radius 2 is 2.04 bits per heavy atom. The van der Waals surface area contributed by atoms with Gasteiger partial charge in [0, 0.05) is 25.9 Å². The molecule has 132 valence electrons. The molecule has 2 atom stereocenters. The summed E-state index contributed by atoms with van der Waals surface area (Å²) in [6.45, 7) is 5.01. The first-order valence-electron chi connectivity index (χ1n) is 9.14. The van der Waals surface area contributed by atoms with E-state index in [4.69, 9.17) is 8.83 Å². The van der Waals surface area contributed by atoms with E-state index in [0.717, 1.165) is 44.5 Å². The smallest absolute Gasteiger partial charge is 0.291 e. The minimum atomic E-state index is -0.190. The highest BCUT2D eigenvalue weighted by molar-refractivity contribution is 5.92. The average Bonchev–Trinajstić information content (AvgIpc) is 2.92. The Morgan fingerprint density at radius 3 is 2.76 bits per heavy atom. The molecule has 1 amide bonds. The summed E-state index contributed by atoms with van der Waals surface area (Å²) in [6, 6.07) is 0. The lowest BCUT2D eigenvalue weighted by atomic mass is 9.80. The number of fused-ring (bicyclic) bond motifs is 1. The van der Waals surface area contributed by atoms with E-state index in [1.165, 1.54) is 0 Å². The van der Waals surface area contributed by atoms with E-state index in [1.807, 2.05) is 18.7 Å². The van der Waals surface area contributed by atoms with Crippen LogP contribution in [0.1, 0.15) is 71.9 Å². The standard InChI is InChI=1S/C18H22N4O3/c1-10-14(25-15(19-10)12-5-6-12)16(23)22-8-13-4-3-7-18(13,9-22)17-21-20-11(2)24-17/h12-13H,3-9H2,1-2H3/t13-,18-/m0/s1. The zero-order valence-electron chi connectivity index (χ0n) is 14.6. The molecule has 3 aliphatic rings. The van der Waals surface area contributed by atoms with E-state index in [2.05, 4.69) is 15.2 Å². The molecule has 3 fully saturated rings. The number of hydrogen-bond acceptors (Lipinski definition) is 6. The van der Waals surface area contributed by atoms with Crippen molar-refractivity contribution in [2.24, 2.45) is 5.92 Å². The van der Waals surface area contributed by atoms with E-state index in [0.29, 0.717) is 41.6 Å². The fourth-order valence-corrected chi connectivity index (χ4v) is 4.56. The molecule has 2 aromatic rings. The van der Waals surface area contributed by atoms with Crippen LogP contribution in [0.5, 0.6) is 0 Å². The highest BCUT2D eigenvalue weighted by atomic mass is 16.4. The first-order valence-corrected chi connectivity index (χ1v) is 9.14. The number of rotatable bonds is 3. The summed E-state index contributed by atoms with van der Waals surface area (Å²) >= 11 is 0. The first-order chi connectivity index (χ1) is 12.1. The van der Waals surface area contributed by atoms with Crippen LogP contribution in [0.3, 0.4) is 0 Å². The summed E-state index contributed by atoms with van der Waals surface area (Å²) in [4.78, 5) is 19.4. The topological polar surface area (TPSA) is 85.3 Å². The van der Waals surface area contributed by atoms with Crippen LogP contribution >= 0.6 is 0 Å². The lowest BCUT2D eigenvalue weighted by molar-refractivity contribution is 0.0741. The summed E-state index contributed by atoms with van der Waals surface area (Å²) in [5, 5.41) is 8.30. The van der Waals surface area contributed by atoms with Crippen molar-refractivity contribution in [1.82, 2.24) is 20.1 Å². The van der Waals surface area contributed by atoms with Gasteiger partial charge in [-0.25, -0.2) is 4.98 Å². The van der Waals surface area contributed by atoms with Crippen LogP contribution in [-0.2, 0) is 5.41 Å². The number of carbonyl (C=O) groups is 1. The number of aromatic nitrogens is 3. The van der Waals surface area contributed by atoms with Gasteiger partial charge in [-0.15, -0.1) is 10.2 Å². The lowest BCUT2D eigenvalue weighted by Crippen LogP contribution is -2.35. The zero-order valence-corrected chi connectivity index (χ0v) is 14.6. The van der Waals surface area contributed by atoms with Crippen LogP contribution in [0, 0.1) is 19.8 Å². The molecule has 2 aliphatic carbocycles. The van der Waals surface area contributed by atoms with E-state index in [9.17, 15) is 4.79 Å². The molecule has 1 aliphatic heterocycles. The Bertz CT molecular complexity index is 837. The van der Waals surface area contributed by atoms with Gasteiger partial charge in [0.15, 0.2) is 5.89 Å². The first kappa shape index (κ1) is 15.1. The minimum Gasteiger partial charge on any atom is -0.435 e. The van der Waals surface area contributed by atoms with E-state index in [-0.39, 0.29) is 11.3 Å². The number of carbonyl (C=O) groups excluding carboxylic acids is 1. The highest BCUT2D eigenvalue weighted by Gasteiger charge is 2.55. The van der Waals surface area contributed by atoms with Gasteiger partial charge in [-0.3, -0.25) is 4.79 Å².